The predicted octanol–water partition coefficient (Wildman–Crippen LogP) is 1.51. The molecule has 0 saturated carbocycles. The Morgan fingerprint density at radius 2 is 2.12 bits per heavy atom. The summed E-state index contributed by atoms with van der Waals surface area (Å²) >= 11 is 0. The molecular weight excluding hydrogens is 209 g/mol. The first kappa shape index (κ1) is 10.5. The molecule has 0 unspecified atom stereocenters. The van der Waals surface area contributed by atoms with Crippen LogP contribution in [-0.4, -0.2) is 20.2 Å². The summed E-state index contributed by atoms with van der Waals surface area (Å²) in [6, 6.07) is 2.97. The van der Waals surface area contributed by atoms with Gasteiger partial charge in [-0.15, -0.1) is 5.10 Å². The van der Waals surface area contributed by atoms with Crippen molar-refractivity contribution in [2.24, 2.45) is 0 Å². The molecule has 16 heavy (non-hydrogen) atoms. The molecule has 0 amide bonds. The van der Waals surface area contributed by atoms with E-state index in [4.69, 9.17) is 5.73 Å². The van der Waals surface area contributed by atoms with E-state index in [-0.39, 0.29) is 11.6 Å². The molecule has 6 heteroatoms. The Labute approximate surface area is 92.1 Å². The summed E-state index contributed by atoms with van der Waals surface area (Å²) in [5.74, 6) is -0.255. The van der Waals surface area contributed by atoms with E-state index >= 15 is 0 Å². The molecule has 0 fully saturated rings. The Bertz CT molecular complexity index is 492. The summed E-state index contributed by atoms with van der Waals surface area (Å²) in [7, 11) is 0. The molecule has 1 heterocycles. The van der Waals surface area contributed by atoms with E-state index in [0.29, 0.717) is 5.69 Å². The number of nitrogens with zero attached hydrogens (tertiary/aromatic N) is 4. The van der Waals surface area contributed by atoms with Crippen molar-refractivity contribution in [2.45, 2.75) is 19.8 Å². The highest BCUT2D eigenvalue weighted by molar-refractivity contribution is 5.54. The molecule has 1 aromatic carbocycles. The lowest BCUT2D eigenvalue weighted by Crippen LogP contribution is -2.05. The normalized spacial score (nSPS) is 11.0. The van der Waals surface area contributed by atoms with Crippen LogP contribution in [0.2, 0.25) is 0 Å². The van der Waals surface area contributed by atoms with Gasteiger partial charge in [0.1, 0.15) is 12.1 Å². The van der Waals surface area contributed by atoms with E-state index in [9.17, 15) is 4.39 Å². The van der Waals surface area contributed by atoms with Crippen LogP contribution in [0.5, 0.6) is 0 Å². The maximum Gasteiger partial charge on any atom is 0.146 e. The zero-order chi connectivity index (χ0) is 11.7. The van der Waals surface area contributed by atoms with Crippen molar-refractivity contribution in [1.82, 2.24) is 20.2 Å². The topological polar surface area (TPSA) is 69.6 Å². The third-order valence-electron chi connectivity index (χ3n) is 2.36. The number of aromatic nitrogens is 4. The lowest BCUT2D eigenvalue weighted by molar-refractivity contribution is 0.626. The van der Waals surface area contributed by atoms with Gasteiger partial charge in [0.25, 0.3) is 0 Å². The Balaban J connectivity index is 2.63. The SMILES string of the molecule is CC(C)c1cc(F)c(N)cc1-n1cnnn1. The largest absolute Gasteiger partial charge is 0.396 e. The third-order valence-corrected chi connectivity index (χ3v) is 2.36. The monoisotopic (exact) mass is 221 g/mol. The predicted molar refractivity (Wildman–Crippen MR) is 57.6 cm³/mol. The zero-order valence-corrected chi connectivity index (χ0v) is 9.05. The maximum absolute atomic E-state index is 13.4. The van der Waals surface area contributed by atoms with Crippen LogP contribution in [0, 0.1) is 5.82 Å². The Morgan fingerprint density at radius 3 is 2.69 bits per heavy atom. The molecule has 84 valence electrons. The third kappa shape index (κ3) is 1.73. The molecule has 5 nitrogen and oxygen atoms in total. The van der Waals surface area contributed by atoms with E-state index in [1.807, 2.05) is 13.8 Å². The van der Waals surface area contributed by atoms with E-state index < -0.39 is 5.82 Å². The summed E-state index contributed by atoms with van der Waals surface area (Å²) in [5, 5.41) is 10.9. The van der Waals surface area contributed by atoms with E-state index in [0.717, 1.165) is 5.56 Å². The van der Waals surface area contributed by atoms with Crippen LogP contribution >= 0.6 is 0 Å². The minimum atomic E-state index is -0.416. The molecule has 2 aromatic rings. The summed E-state index contributed by atoms with van der Waals surface area (Å²) in [6.07, 6.45) is 1.46. The minimum Gasteiger partial charge on any atom is -0.396 e. The van der Waals surface area contributed by atoms with Gasteiger partial charge in [-0.25, -0.2) is 9.07 Å². The standard InChI is InChI=1S/C10H12FN5/c1-6(2)7-3-8(11)9(12)4-10(7)16-5-13-14-15-16/h3-6H,12H2,1-2H3. The number of nitrogen functional groups attached to an aromatic ring is 1. The highest BCUT2D eigenvalue weighted by Gasteiger charge is 2.13. The average molecular weight is 221 g/mol. The van der Waals surface area contributed by atoms with Crippen molar-refractivity contribution in [2.75, 3.05) is 5.73 Å². The number of halogens is 1. The lowest BCUT2D eigenvalue weighted by atomic mass is 10.0. The smallest absolute Gasteiger partial charge is 0.146 e. The Hall–Kier alpha value is -1.98. The van der Waals surface area contributed by atoms with Crippen LogP contribution in [0.25, 0.3) is 5.69 Å². The number of hydrogen-bond donors (Lipinski definition) is 1. The minimum absolute atomic E-state index is 0.0925. The Kier molecular flexibility index (Phi) is 2.55. The van der Waals surface area contributed by atoms with Crippen molar-refractivity contribution >= 4 is 5.69 Å². The molecule has 0 spiro atoms. The van der Waals surface area contributed by atoms with Crippen LogP contribution in [0.1, 0.15) is 25.3 Å². The van der Waals surface area contributed by atoms with Gasteiger partial charge in [0.05, 0.1) is 11.4 Å². The quantitative estimate of drug-likeness (QED) is 0.780. The fourth-order valence-electron chi connectivity index (χ4n) is 1.53. The van der Waals surface area contributed by atoms with Crippen molar-refractivity contribution in [1.29, 1.82) is 0 Å². The fourth-order valence-corrected chi connectivity index (χ4v) is 1.53. The van der Waals surface area contributed by atoms with Gasteiger partial charge < -0.3 is 5.73 Å². The van der Waals surface area contributed by atoms with Crippen molar-refractivity contribution in [3.8, 4) is 5.69 Å². The van der Waals surface area contributed by atoms with Gasteiger partial charge in [0.15, 0.2) is 0 Å². The summed E-state index contributed by atoms with van der Waals surface area (Å²) < 4.78 is 14.9. The number of benzene rings is 1. The van der Waals surface area contributed by atoms with E-state index in [1.54, 1.807) is 6.07 Å². The first-order chi connectivity index (χ1) is 7.59. The van der Waals surface area contributed by atoms with Gasteiger partial charge in [-0.05, 0) is 34.0 Å². The number of nitrogens with two attached hydrogens (primary N) is 1. The second kappa shape index (κ2) is 3.88. The van der Waals surface area contributed by atoms with E-state index in [1.165, 1.54) is 17.1 Å². The highest BCUT2D eigenvalue weighted by Crippen LogP contribution is 2.26. The van der Waals surface area contributed by atoms with E-state index in [2.05, 4.69) is 15.5 Å². The molecule has 0 bridgehead atoms. The number of anilines is 1. The molecule has 0 saturated heterocycles. The molecule has 0 aliphatic carbocycles. The molecular formula is C10H12FN5. The average Bonchev–Trinajstić information content (AvgIpc) is 2.74. The van der Waals surface area contributed by atoms with Gasteiger partial charge in [-0.3, -0.25) is 0 Å². The van der Waals surface area contributed by atoms with Gasteiger partial charge in [0.2, 0.25) is 0 Å². The molecule has 2 N–H and O–H groups in total. The molecule has 0 atom stereocenters. The Morgan fingerprint density at radius 1 is 1.38 bits per heavy atom. The first-order valence-corrected chi connectivity index (χ1v) is 4.92. The second-order valence-corrected chi connectivity index (χ2v) is 3.84. The molecule has 0 radical (unpaired) electrons. The van der Waals surface area contributed by atoms with Crippen LogP contribution in [0.3, 0.4) is 0 Å². The number of rotatable bonds is 2. The van der Waals surface area contributed by atoms with Gasteiger partial charge in [0, 0.05) is 0 Å². The van der Waals surface area contributed by atoms with Gasteiger partial charge in [-0.2, -0.15) is 0 Å². The fraction of sp³-hybridized carbons (Fsp3) is 0.300. The first-order valence-electron chi connectivity index (χ1n) is 4.92. The summed E-state index contributed by atoms with van der Waals surface area (Å²) in [4.78, 5) is 0. The zero-order valence-electron chi connectivity index (χ0n) is 9.05. The van der Waals surface area contributed by atoms with Crippen LogP contribution in [0.4, 0.5) is 10.1 Å². The van der Waals surface area contributed by atoms with Crippen LogP contribution in [0.15, 0.2) is 18.5 Å². The summed E-state index contributed by atoms with van der Waals surface area (Å²) in [6.45, 7) is 3.94. The molecule has 2 rings (SSSR count). The van der Waals surface area contributed by atoms with Gasteiger partial charge in [-0.1, -0.05) is 13.8 Å². The number of hydrogen-bond acceptors (Lipinski definition) is 4. The summed E-state index contributed by atoms with van der Waals surface area (Å²) in [5.41, 5.74) is 7.16. The second-order valence-electron chi connectivity index (χ2n) is 3.84. The van der Waals surface area contributed by atoms with Gasteiger partial charge >= 0.3 is 0 Å². The molecule has 1 aromatic heterocycles. The van der Waals surface area contributed by atoms with Crippen molar-refractivity contribution < 1.29 is 4.39 Å². The van der Waals surface area contributed by atoms with Crippen molar-refractivity contribution in [3.05, 3.63) is 29.8 Å². The van der Waals surface area contributed by atoms with Crippen LogP contribution in [-0.2, 0) is 0 Å². The maximum atomic E-state index is 13.4. The van der Waals surface area contributed by atoms with Crippen LogP contribution < -0.4 is 5.73 Å². The highest BCUT2D eigenvalue weighted by atomic mass is 19.1. The van der Waals surface area contributed by atoms with Crippen molar-refractivity contribution in [3.63, 3.8) is 0 Å². The number of tetrazole rings is 1. The molecule has 0 aliphatic rings. The lowest BCUT2D eigenvalue weighted by Gasteiger charge is -2.13. The molecule has 0 aliphatic heterocycles.